The molecule has 0 aliphatic carbocycles. The fraction of sp³-hybridized carbons (Fsp3) is 0.450. The van der Waals surface area contributed by atoms with Gasteiger partial charge >= 0.3 is 5.69 Å². The fourth-order valence-electron chi connectivity index (χ4n) is 2.92. The maximum Gasteiger partial charge on any atom is 0.330 e. The number of nitrogens with zero attached hydrogens (tertiary/aromatic N) is 2. The number of rotatable bonds is 8. The maximum atomic E-state index is 12.7. The minimum atomic E-state index is -0.542. The van der Waals surface area contributed by atoms with Crippen molar-refractivity contribution in [3.63, 3.8) is 0 Å². The quantitative estimate of drug-likeness (QED) is 0.437. The maximum absolute atomic E-state index is 12.7. The van der Waals surface area contributed by atoms with Crippen LogP contribution in [-0.2, 0) is 6.54 Å². The van der Waals surface area contributed by atoms with E-state index in [0.29, 0.717) is 18.2 Å². The van der Waals surface area contributed by atoms with Crippen LogP contribution in [0.4, 0.5) is 11.5 Å². The van der Waals surface area contributed by atoms with Gasteiger partial charge in [-0.1, -0.05) is 44.2 Å². The Hall–Kier alpha value is -2.65. The van der Waals surface area contributed by atoms with E-state index in [2.05, 4.69) is 24.4 Å². The summed E-state index contributed by atoms with van der Waals surface area (Å²) >= 11 is 5.56. The lowest BCUT2D eigenvalue weighted by Gasteiger charge is -2.28. The van der Waals surface area contributed by atoms with E-state index in [1.165, 1.54) is 9.47 Å². The molecule has 1 heterocycles. The van der Waals surface area contributed by atoms with Crippen molar-refractivity contribution in [1.82, 2.24) is 14.9 Å². The number of thiocarbonyl (C=S) groups is 1. The first kappa shape index (κ1) is 22.6. The molecule has 2 aromatic rings. The second kappa shape index (κ2) is 10.2. The molecule has 158 valence electrons. The number of aromatic amines is 1. The standard InChI is InChI=1S/C20H30N6O2S/c1-14(2)12-25(20(29)22-10-11-24(3)4)16-17(21)26(19(28)23-18(16)27)13-15-8-6-5-7-9-15/h5-9,14H,10-13,21H2,1-4H3,(H,22,29)(H,23,27,28)/p+1. The van der Waals surface area contributed by atoms with Gasteiger partial charge in [-0.05, 0) is 23.7 Å². The Balaban J connectivity index is 2.44. The Bertz CT molecular complexity index is 936. The van der Waals surface area contributed by atoms with Gasteiger partial charge in [0.15, 0.2) is 10.8 Å². The summed E-state index contributed by atoms with van der Waals surface area (Å²) in [6, 6.07) is 9.48. The van der Waals surface area contributed by atoms with Crippen LogP contribution >= 0.6 is 12.2 Å². The fourth-order valence-corrected chi connectivity index (χ4v) is 3.18. The highest BCUT2D eigenvalue weighted by Crippen LogP contribution is 2.19. The van der Waals surface area contributed by atoms with Gasteiger partial charge in [0.2, 0.25) is 0 Å². The summed E-state index contributed by atoms with van der Waals surface area (Å²) in [5.74, 6) is 0.327. The van der Waals surface area contributed by atoms with Crippen LogP contribution in [0.2, 0.25) is 0 Å². The van der Waals surface area contributed by atoms with E-state index in [0.717, 1.165) is 12.1 Å². The molecule has 0 aliphatic heterocycles. The number of likely N-dealkylation sites (N-methyl/N-ethyl adjacent to an activating group) is 1. The Morgan fingerprint density at radius 3 is 2.52 bits per heavy atom. The smallest absolute Gasteiger partial charge is 0.330 e. The lowest BCUT2D eigenvalue weighted by atomic mass is 10.2. The van der Waals surface area contributed by atoms with Crippen molar-refractivity contribution in [2.45, 2.75) is 20.4 Å². The summed E-state index contributed by atoms with van der Waals surface area (Å²) in [6.07, 6.45) is 0. The lowest BCUT2D eigenvalue weighted by molar-refractivity contribution is -0.856. The van der Waals surface area contributed by atoms with Crippen LogP contribution in [0.25, 0.3) is 0 Å². The first-order chi connectivity index (χ1) is 13.7. The third-order valence-corrected chi connectivity index (χ3v) is 4.73. The number of nitrogens with one attached hydrogen (secondary N) is 3. The van der Waals surface area contributed by atoms with Crippen molar-refractivity contribution in [3.8, 4) is 0 Å². The first-order valence-corrected chi connectivity index (χ1v) is 10.1. The molecule has 0 radical (unpaired) electrons. The second-order valence-corrected chi connectivity index (χ2v) is 8.15. The van der Waals surface area contributed by atoms with Crippen LogP contribution in [0.3, 0.4) is 0 Å². The molecule has 1 aromatic heterocycles. The molecule has 9 heteroatoms. The molecule has 0 fully saturated rings. The van der Waals surface area contributed by atoms with Gasteiger partial charge in [-0.25, -0.2) is 4.79 Å². The Morgan fingerprint density at radius 1 is 1.28 bits per heavy atom. The topological polar surface area (TPSA) is 101 Å². The molecule has 5 N–H and O–H groups in total. The van der Waals surface area contributed by atoms with Crippen LogP contribution < -0.4 is 32.1 Å². The summed E-state index contributed by atoms with van der Waals surface area (Å²) in [5, 5.41) is 3.62. The predicted octanol–water partition coefficient (Wildman–Crippen LogP) is -0.351. The van der Waals surface area contributed by atoms with Crippen molar-refractivity contribution in [2.75, 3.05) is 44.4 Å². The van der Waals surface area contributed by atoms with Gasteiger partial charge in [-0.15, -0.1) is 0 Å². The SMILES string of the molecule is CC(C)CN(C(=S)NCC[NH+](C)C)c1c(N)n(Cc2ccccc2)c(=O)[nH]c1=O. The average Bonchev–Trinajstić information content (AvgIpc) is 2.64. The van der Waals surface area contributed by atoms with E-state index in [9.17, 15) is 9.59 Å². The third kappa shape index (κ3) is 6.16. The summed E-state index contributed by atoms with van der Waals surface area (Å²) in [4.78, 5) is 30.5. The normalized spacial score (nSPS) is 11.1. The number of aromatic nitrogens is 2. The van der Waals surface area contributed by atoms with Crippen molar-refractivity contribution < 1.29 is 4.90 Å². The zero-order valence-corrected chi connectivity index (χ0v) is 18.3. The number of nitrogens with two attached hydrogens (primary N) is 1. The molecule has 0 unspecified atom stereocenters. The van der Waals surface area contributed by atoms with Crippen LogP contribution in [-0.4, -0.2) is 48.4 Å². The number of H-pyrrole nitrogens is 1. The van der Waals surface area contributed by atoms with E-state index < -0.39 is 11.2 Å². The van der Waals surface area contributed by atoms with Gasteiger partial charge in [0, 0.05) is 6.54 Å². The molecule has 8 nitrogen and oxygen atoms in total. The van der Waals surface area contributed by atoms with E-state index >= 15 is 0 Å². The number of benzene rings is 1. The highest BCUT2D eigenvalue weighted by Gasteiger charge is 2.23. The van der Waals surface area contributed by atoms with Gasteiger partial charge in [-0.2, -0.15) is 0 Å². The van der Waals surface area contributed by atoms with Crippen molar-refractivity contribution in [3.05, 3.63) is 56.7 Å². The Morgan fingerprint density at radius 2 is 1.93 bits per heavy atom. The highest BCUT2D eigenvalue weighted by molar-refractivity contribution is 7.80. The number of hydrogen-bond donors (Lipinski definition) is 4. The van der Waals surface area contributed by atoms with Crippen molar-refractivity contribution in [1.29, 1.82) is 0 Å². The predicted molar refractivity (Wildman–Crippen MR) is 122 cm³/mol. The van der Waals surface area contributed by atoms with Crippen LogP contribution in [0, 0.1) is 5.92 Å². The first-order valence-electron chi connectivity index (χ1n) is 9.71. The van der Waals surface area contributed by atoms with E-state index in [-0.39, 0.29) is 24.0 Å². The molecule has 0 saturated heterocycles. The molecular formula is C20H31N6O2S+. The molecule has 0 aliphatic rings. The molecule has 0 saturated carbocycles. The highest BCUT2D eigenvalue weighted by atomic mass is 32.1. The molecule has 0 bridgehead atoms. The molecule has 2 rings (SSSR count). The van der Waals surface area contributed by atoms with Crippen molar-refractivity contribution in [2.24, 2.45) is 5.92 Å². The van der Waals surface area contributed by atoms with Crippen LogP contribution in [0.15, 0.2) is 39.9 Å². The van der Waals surface area contributed by atoms with Gasteiger partial charge < -0.3 is 20.9 Å². The molecule has 1 aromatic carbocycles. The number of quaternary nitrogens is 1. The minimum absolute atomic E-state index is 0.102. The Kier molecular flexibility index (Phi) is 7.98. The van der Waals surface area contributed by atoms with E-state index in [1.807, 2.05) is 44.2 Å². The monoisotopic (exact) mass is 419 g/mol. The van der Waals surface area contributed by atoms with Crippen LogP contribution in [0.5, 0.6) is 0 Å². The largest absolute Gasteiger partial charge is 0.383 e. The summed E-state index contributed by atoms with van der Waals surface area (Å²) in [7, 11) is 4.11. The summed E-state index contributed by atoms with van der Waals surface area (Å²) in [5.41, 5.74) is 6.36. The lowest BCUT2D eigenvalue weighted by Crippen LogP contribution is -3.06. The van der Waals surface area contributed by atoms with Gasteiger partial charge in [-0.3, -0.25) is 14.3 Å². The number of hydrogen-bond acceptors (Lipinski definition) is 4. The zero-order chi connectivity index (χ0) is 21.6. The Labute approximate surface area is 176 Å². The third-order valence-electron chi connectivity index (χ3n) is 4.36. The number of nitrogen functional groups attached to an aromatic ring is 1. The molecule has 0 atom stereocenters. The number of anilines is 2. The second-order valence-electron chi connectivity index (χ2n) is 7.76. The minimum Gasteiger partial charge on any atom is -0.383 e. The molecule has 29 heavy (non-hydrogen) atoms. The zero-order valence-electron chi connectivity index (χ0n) is 17.5. The molecular weight excluding hydrogens is 388 g/mol. The summed E-state index contributed by atoms with van der Waals surface area (Å²) in [6.45, 7) is 6.35. The van der Waals surface area contributed by atoms with Gasteiger partial charge in [0.05, 0.1) is 33.7 Å². The van der Waals surface area contributed by atoms with Gasteiger partial charge in [0.1, 0.15) is 5.82 Å². The average molecular weight is 420 g/mol. The summed E-state index contributed by atoms with van der Waals surface area (Å²) < 4.78 is 1.37. The molecule has 0 amide bonds. The van der Waals surface area contributed by atoms with E-state index in [4.69, 9.17) is 18.0 Å². The molecule has 0 spiro atoms. The van der Waals surface area contributed by atoms with Gasteiger partial charge in [0.25, 0.3) is 5.56 Å². The van der Waals surface area contributed by atoms with Crippen molar-refractivity contribution >= 4 is 28.8 Å². The van der Waals surface area contributed by atoms with E-state index in [1.54, 1.807) is 4.90 Å². The van der Waals surface area contributed by atoms with Crippen LogP contribution in [0.1, 0.15) is 19.4 Å².